The van der Waals surface area contributed by atoms with Gasteiger partial charge in [0.1, 0.15) is 5.82 Å². The zero-order chi connectivity index (χ0) is 24.2. The Hall–Kier alpha value is -3.64. The first-order valence-corrected chi connectivity index (χ1v) is 10.8. The van der Waals surface area contributed by atoms with E-state index in [0.717, 1.165) is 11.1 Å². The van der Waals surface area contributed by atoms with Crippen LogP contribution in [0, 0.1) is 18.3 Å². The number of carbonyl (C=O) groups is 1. The largest absolute Gasteiger partial charge is 0.393 e. The van der Waals surface area contributed by atoms with Crippen molar-refractivity contribution in [1.29, 1.82) is 0 Å². The predicted molar refractivity (Wildman–Crippen MR) is 119 cm³/mol. The summed E-state index contributed by atoms with van der Waals surface area (Å²) in [5.74, 6) is 0.767. The van der Waals surface area contributed by atoms with Crippen molar-refractivity contribution in [2.75, 3.05) is 5.73 Å². The molecule has 0 saturated heterocycles. The van der Waals surface area contributed by atoms with Crippen LogP contribution in [0.2, 0.25) is 0 Å². The molecule has 5 rings (SSSR count). The molecule has 1 aliphatic carbocycles. The molecule has 1 aliphatic heterocycles. The van der Waals surface area contributed by atoms with Gasteiger partial charge in [-0.25, -0.2) is 4.98 Å². The van der Waals surface area contributed by atoms with Gasteiger partial charge >= 0.3 is 6.18 Å². The van der Waals surface area contributed by atoms with Gasteiger partial charge in [-0.2, -0.15) is 13.2 Å². The molecular formula is C25H21F3N4O2. The second-order valence-corrected chi connectivity index (χ2v) is 8.64. The van der Waals surface area contributed by atoms with E-state index in [0.29, 0.717) is 34.6 Å². The van der Waals surface area contributed by atoms with E-state index in [4.69, 9.17) is 16.9 Å². The number of benzene rings is 1. The number of rotatable bonds is 4. The van der Waals surface area contributed by atoms with E-state index in [2.05, 4.69) is 15.9 Å². The summed E-state index contributed by atoms with van der Waals surface area (Å²) in [6, 6.07) is 7.21. The van der Waals surface area contributed by atoms with Gasteiger partial charge < -0.3 is 15.4 Å². The minimum atomic E-state index is -4.37. The summed E-state index contributed by atoms with van der Waals surface area (Å²) in [4.78, 5) is 23.4. The fourth-order valence-corrected chi connectivity index (χ4v) is 4.56. The van der Waals surface area contributed by atoms with E-state index in [1.165, 1.54) is 11.1 Å². The van der Waals surface area contributed by atoms with Gasteiger partial charge in [0.2, 0.25) is 0 Å². The van der Waals surface area contributed by atoms with Crippen molar-refractivity contribution in [2.45, 2.75) is 44.8 Å². The van der Waals surface area contributed by atoms with Crippen molar-refractivity contribution in [3.63, 3.8) is 0 Å². The quantitative estimate of drug-likeness (QED) is 0.578. The normalized spacial score (nSPS) is 21.2. The van der Waals surface area contributed by atoms with E-state index >= 15 is 0 Å². The van der Waals surface area contributed by atoms with Gasteiger partial charge in [0, 0.05) is 34.3 Å². The zero-order valence-electron chi connectivity index (χ0n) is 18.3. The highest BCUT2D eigenvalue weighted by Crippen LogP contribution is 2.48. The number of ether oxygens (including phenoxy) is 1. The van der Waals surface area contributed by atoms with E-state index in [1.807, 2.05) is 6.92 Å². The Labute approximate surface area is 193 Å². The van der Waals surface area contributed by atoms with Crippen molar-refractivity contribution in [3.8, 4) is 12.3 Å². The number of nitrogens with two attached hydrogens (primary N) is 1. The Morgan fingerprint density at radius 2 is 2.12 bits per heavy atom. The molecule has 2 N–H and O–H groups in total. The third-order valence-corrected chi connectivity index (χ3v) is 6.46. The van der Waals surface area contributed by atoms with Gasteiger partial charge in [-0.05, 0) is 49.2 Å². The van der Waals surface area contributed by atoms with Crippen LogP contribution in [0.3, 0.4) is 0 Å². The Kier molecular flexibility index (Phi) is 5.21. The van der Waals surface area contributed by atoms with Crippen LogP contribution < -0.4 is 5.73 Å². The van der Waals surface area contributed by atoms with Gasteiger partial charge in [-0.1, -0.05) is 5.92 Å². The number of terminal acetylenes is 1. The Morgan fingerprint density at radius 1 is 1.32 bits per heavy atom. The predicted octanol–water partition coefficient (Wildman–Crippen LogP) is 4.38. The van der Waals surface area contributed by atoms with Gasteiger partial charge in [0.05, 0.1) is 36.4 Å². The minimum Gasteiger partial charge on any atom is -0.383 e. The van der Waals surface area contributed by atoms with Crippen LogP contribution >= 0.6 is 0 Å². The molecule has 2 aromatic heterocycles. The maximum Gasteiger partial charge on any atom is 0.393 e. The first-order chi connectivity index (χ1) is 16.2. The summed E-state index contributed by atoms with van der Waals surface area (Å²) in [5.41, 5.74) is 9.60. The summed E-state index contributed by atoms with van der Waals surface area (Å²) in [6.45, 7) is 2.14. The summed E-state index contributed by atoms with van der Waals surface area (Å²) in [7, 11) is 0. The lowest BCUT2D eigenvalue weighted by Gasteiger charge is -2.24. The zero-order valence-corrected chi connectivity index (χ0v) is 18.3. The lowest BCUT2D eigenvalue weighted by Crippen LogP contribution is -2.35. The molecule has 3 unspecified atom stereocenters. The Balaban J connectivity index is 1.51. The van der Waals surface area contributed by atoms with Crippen molar-refractivity contribution >= 4 is 22.6 Å². The minimum absolute atomic E-state index is 0.0583. The number of aromatic nitrogens is 2. The molecule has 3 aromatic rings. The molecule has 0 radical (unpaired) electrons. The van der Waals surface area contributed by atoms with Crippen LogP contribution in [-0.2, 0) is 17.9 Å². The SMILES string of the molecule is C#Cc1ccc(CN(C(=O)c2ccc3nc(N)c4c(c3c2)COC4C)C2CC2C(F)(F)F)nc1. The van der Waals surface area contributed by atoms with E-state index in [9.17, 15) is 18.0 Å². The first kappa shape index (κ1) is 22.2. The lowest BCUT2D eigenvalue weighted by molar-refractivity contribution is -0.151. The number of nitrogens with zero attached hydrogens (tertiary/aromatic N) is 3. The van der Waals surface area contributed by atoms with Crippen LogP contribution in [0.4, 0.5) is 19.0 Å². The molecule has 3 heterocycles. The molecule has 0 bridgehead atoms. The molecule has 174 valence electrons. The number of anilines is 1. The van der Waals surface area contributed by atoms with Gasteiger partial charge in [-0.15, -0.1) is 6.42 Å². The fraction of sp³-hybridized carbons (Fsp3) is 0.320. The van der Waals surface area contributed by atoms with Crippen molar-refractivity contribution in [3.05, 3.63) is 64.5 Å². The van der Waals surface area contributed by atoms with Crippen LogP contribution in [0.15, 0.2) is 36.5 Å². The highest BCUT2D eigenvalue weighted by atomic mass is 19.4. The summed E-state index contributed by atoms with van der Waals surface area (Å²) < 4.78 is 45.8. The van der Waals surface area contributed by atoms with E-state index in [1.54, 1.807) is 30.3 Å². The first-order valence-electron chi connectivity index (χ1n) is 10.8. The number of pyridine rings is 2. The Bertz CT molecular complexity index is 1330. The van der Waals surface area contributed by atoms with Crippen molar-refractivity contribution < 1.29 is 22.7 Å². The van der Waals surface area contributed by atoms with E-state index < -0.39 is 24.0 Å². The monoisotopic (exact) mass is 466 g/mol. The number of alkyl halides is 3. The lowest BCUT2D eigenvalue weighted by atomic mass is 10.00. The second kappa shape index (κ2) is 7.99. The number of hydrogen-bond acceptors (Lipinski definition) is 5. The standard InChI is InChI=1S/C25H21F3N4O2/c1-3-14-4-6-16(30-10-14)11-32(21-9-19(21)25(26,27)28)24(33)15-5-7-20-17(8-15)18-12-34-13(2)22(18)23(29)31-20/h1,4-8,10,13,19,21H,9,11-12H2,2H3,(H2,29,31). The van der Waals surface area contributed by atoms with Crippen LogP contribution in [0.25, 0.3) is 10.9 Å². The molecule has 1 fully saturated rings. The maximum atomic E-state index is 13.5. The molecule has 9 heteroatoms. The number of carbonyl (C=O) groups excluding carboxylic acids is 1. The molecule has 6 nitrogen and oxygen atoms in total. The molecule has 0 spiro atoms. The van der Waals surface area contributed by atoms with Gasteiger partial charge in [0.15, 0.2) is 0 Å². The highest BCUT2D eigenvalue weighted by Gasteiger charge is 2.59. The molecule has 1 saturated carbocycles. The topological polar surface area (TPSA) is 81.3 Å². The number of halogens is 3. The van der Waals surface area contributed by atoms with Crippen LogP contribution in [-0.4, -0.2) is 33.0 Å². The average molecular weight is 466 g/mol. The third-order valence-electron chi connectivity index (χ3n) is 6.46. The number of hydrogen-bond donors (Lipinski definition) is 1. The second-order valence-electron chi connectivity index (χ2n) is 8.64. The number of nitrogen functional groups attached to an aromatic ring is 1. The van der Waals surface area contributed by atoms with Crippen molar-refractivity contribution in [2.24, 2.45) is 5.92 Å². The van der Waals surface area contributed by atoms with E-state index in [-0.39, 0.29) is 24.6 Å². The summed E-state index contributed by atoms with van der Waals surface area (Å²) in [6.07, 6.45) is 2.08. The molecule has 3 atom stereocenters. The van der Waals surface area contributed by atoms with Crippen molar-refractivity contribution in [1.82, 2.24) is 14.9 Å². The third kappa shape index (κ3) is 3.84. The molecule has 1 amide bonds. The van der Waals surface area contributed by atoms with Crippen LogP contribution in [0.5, 0.6) is 0 Å². The van der Waals surface area contributed by atoms with Crippen LogP contribution in [0.1, 0.15) is 52.2 Å². The number of amides is 1. The summed E-state index contributed by atoms with van der Waals surface area (Å²) >= 11 is 0. The smallest absolute Gasteiger partial charge is 0.383 e. The molecule has 34 heavy (non-hydrogen) atoms. The molecule has 1 aromatic carbocycles. The highest BCUT2D eigenvalue weighted by molar-refractivity contribution is 5.99. The Morgan fingerprint density at radius 3 is 2.76 bits per heavy atom. The number of fused-ring (bicyclic) bond motifs is 3. The fourth-order valence-electron chi connectivity index (χ4n) is 4.56. The van der Waals surface area contributed by atoms with Gasteiger partial charge in [-0.3, -0.25) is 9.78 Å². The summed E-state index contributed by atoms with van der Waals surface area (Å²) in [5, 5.41) is 0.707. The van der Waals surface area contributed by atoms with Gasteiger partial charge in [0.25, 0.3) is 5.91 Å². The maximum absolute atomic E-state index is 13.5. The molecule has 2 aliphatic rings. The average Bonchev–Trinajstić information content (AvgIpc) is 3.53. The molecular weight excluding hydrogens is 445 g/mol.